The summed E-state index contributed by atoms with van der Waals surface area (Å²) in [6.07, 6.45) is -8.21. The first-order chi connectivity index (χ1) is 16.7. The van der Waals surface area contributed by atoms with Gasteiger partial charge in [0.1, 0.15) is 5.97 Å². The molecular formula is C13F25NaO2. The molecule has 0 aromatic heterocycles. The Morgan fingerprint density at radius 1 is 0.317 bits per heavy atom. The van der Waals surface area contributed by atoms with E-state index in [2.05, 4.69) is 0 Å². The van der Waals surface area contributed by atoms with Gasteiger partial charge >= 0.3 is 101 Å². The SMILES string of the molecule is O=C([O-])C(F)(F)C(F)(F)C(F)(F)C(F)(F)C(F)(F)C(F)(F)C(F)(F)C(F)(F)C(F)(F)C(F)(F)C(F)(F)C(F)(F)F.[Na+]. The molecule has 0 saturated carbocycles. The van der Waals surface area contributed by atoms with Crippen LogP contribution in [0.25, 0.3) is 0 Å². The van der Waals surface area contributed by atoms with Gasteiger partial charge in [-0.05, 0) is 0 Å². The largest absolute Gasteiger partial charge is 1.00 e. The van der Waals surface area contributed by atoms with Crippen molar-refractivity contribution >= 4 is 5.97 Å². The van der Waals surface area contributed by atoms with Gasteiger partial charge in [0.25, 0.3) is 0 Å². The molecule has 41 heavy (non-hydrogen) atoms. The number of aliphatic carboxylic acids is 1. The number of carboxylic acid groups (broad SMARTS) is 1. The van der Waals surface area contributed by atoms with E-state index >= 15 is 0 Å². The fourth-order valence-corrected chi connectivity index (χ4v) is 2.08. The van der Waals surface area contributed by atoms with Gasteiger partial charge in [0, 0.05) is 0 Å². The van der Waals surface area contributed by atoms with Crippen LogP contribution < -0.4 is 34.7 Å². The molecular weight excluding hydrogens is 686 g/mol. The van der Waals surface area contributed by atoms with Gasteiger partial charge in [0.05, 0.1) is 0 Å². The van der Waals surface area contributed by atoms with E-state index in [1.807, 2.05) is 0 Å². The van der Waals surface area contributed by atoms with E-state index in [1.54, 1.807) is 0 Å². The summed E-state index contributed by atoms with van der Waals surface area (Å²) >= 11 is 0. The van der Waals surface area contributed by atoms with Crippen LogP contribution in [0.15, 0.2) is 0 Å². The van der Waals surface area contributed by atoms with Crippen LogP contribution in [0.3, 0.4) is 0 Å². The van der Waals surface area contributed by atoms with Crippen molar-refractivity contribution in [3.8, 4) is 0 Å². The quantitative estimate of drug-likeness (QED) is 0.248. The Kier molecular flexibility index (Phi) is 10.3. The van der Waals surface area contributed by atoms with Crippen molar-refractivity contribution in [1.29, 1.82) is 0 Å². The van der Waals surface area contributed by atoms with Crippen molar-refractivity contribution in [1.82, 2.24) is 0 Å². The van der Waals surface area contributed by atoms with E-state index in [4.69, 9.17) is 0 Å². The monoisotopic (exact) mass is 686 g/mol. The normalized spacial score (nSPS) is 16.4. The molecule has 2 nitrogen and oxygen atoms in total. The van der Waals surface area contributed by atoms with Crippen LogP contribution in [0, 0.1) is 0 Å². The number of hydrogen-bond donors (Lipinski definition) is 0. The van der Waals surface area contributed by atoms with Crippen LogP contribution in [-0.2, 0) is 4.79 Å². The van der Waals surface area contributed by atoms with E-state index in [-0.39, 0.29) is 29.6 Å². The Morgan fingerprint density at radius 3 is 0.610 bits per heavy atom. The van der Waals surface area contributed by atoms with Crippen molar-refractivity contribution in [2.75, 3.05) is 0 Å². The fourth-order valence-electron chi connectivity index (χ4n) is 2.08. The third-order valence-corrected chi connectivity index (χ3v) is 4.56. The maximum atomic E-state index is 13.5. The molecule has 0 unspecified atom stereocenters. The summed E-state index contributed by atoms with van der Waals surface area (Å²) in [5.41, 5.74) is 0. The Bertz CT molecular complexity index is 976. The van der Waals surface area contributed by atoms with Gasteiger partial charge in [-0.1, -0.05) is 0 Å². The zero-order valence-corrected chi connectivity index (χ0v) is 19.8. The topological polar surface area (TPSA) is 40.1 Å². The maximum Gasteiger partial charge on any atom is 1.00 e. The predicted octanol–water partition coefficient (Wildman–Crippen LogP) is 3.29. The molecule has 0 heterocycles. The van der Waals surface area contributed by atoms with Gasteiger partial charge in [0.15, 0.2) is 0 Å². The van der Waals surface area contributed by atoms with Crippen molar-refractivity contribution in [3.05, 3.63) is 0 Å². The van der Waals surface area contributed by atoms with Crippen LogP contribution >= 0.6 is 0 Å². The summed E-state index contributed by atoms with van der Waals surface area (Å²) in [6, 6.07) is 0. The number of halogens is 25. The third kappa shape index (κ3) is 4.85. The molecule has 0 rings (SSSR count). The molecule has 0 aliphatic heterocycles. The Labute approximate surface area is 227 Å². The first-order valence-electron chi connectivity index (χ1n) is 8.13. The van der Waals surface area contributed by atoms with E-state index in [9.17, 15) is 120 Å². The molecule has 0 aromatic rings. The molecule has 0 bridgehead atoms. The Balaban J connectivity index is 0. The van der Waals surface area contributed by atoms with Gasteiger partial charge in [-0.25, -0.2) is 0 Å². The van der Waals surface area contributed by atoms with Crippen molar-refractivity contribution < 1.29 is 149 Å². The van der Waals surface area contributed by atoms with Crippen molar-refractivity contribution in [2.24, 2.45) is 0 Å². The first-order valence-corrected chi connectivity index (χ1v) is 8.13. The number of alkyl halides is 25. The molecule has 0 saturated heterocycles. The average molecular weight is 686 g/mol. The summed E-state index contributed by atoms with van der Waals surface area (Å²) in [5.74, 6) is -106. The zero-order chi connectivity index (χ0) is 33.6. The Hall–Kier alpha value is -1.28. The summed E-state index contributed by atoms with van der Waals surface area (Å²) in [7, 11) is 0. The molecule has 0 aliphatic rings. The first kappa shape index (κ1) is 41.9. The molecule has 0 fully saturated rings. The minimum atomic E-state index is -9.70. The van der Waals surface area contributed by atoms with Gasteiger partial charge in [-0.2, -0.15) is 110 Å². The smallest absolute Gasteiger partial charge is 0.544 e. The van der Waals surface area contributed by atoms with Gasteiger partial charge in [-0.15, -0.1) is 0 Å². The number of rotatable bonds is 11. The third-order valence-electron chi connectivity index (χ3n) is 4.56. The molecule has 28 heteroatoms. The van der Waals surface area contributed by atoms with Gasteiger partial charge < -0.3 is 9.90 Å². The van der Waals surface area contributed by atoms with Gasteiger partial charge in [-0.3, -0.25) is 0 Å². The number of hydrogen-bond acceptors (Lipinski definition) is 2. The second-order valence-corrected chi connectivity index (χ2v) is 7.10. The van der Waals surface area contributed by atoms with Crippen LogP contribution in [0.5, 0.6) is 0 Å². The van der Waals surface area contributed by atoms with E-state index in [0.717, 1.165) is 0 Å². The average Bonchev–Trinajstić information content (AvgIpc) is 2.71. The van der Waals surface area contributed by atoms with E-state index in [0.29, 0.717) is 0 Å². The molecule has 0 atom stereocenters. The molecule has 0 aliphatic carbocycles. The molecule has 0 amide bonds. The summed E-state index contributed by atoms with van der Waals surface area (Å²) < 4.78 is 325. The number of carbonyl (C=O) groups excluding carboxylic acids is 1. The maximum absolute atomic E-state index is 13.5. The predicted molar refractivity (Wildman–Crippen MR) is 65.5 cm³/mol. The molecule has 0 N–H and O–H groups in total. The summed E-state index contributed by atoms with van der Waals surface area (Å²) in [4.78, 5) is 9.76. The van der Waals surface area contributed by atoms with Crippen LogP contribution in [0.4, 0.5) is 110 Å². The van der Waals surface area contributed by atoms with E-state index in [1.165, 1.54) is 0 Å². The van der Waals surface area contributed by atoms with Crippen LogP contribution in [0.2, 0.25) is 0 Å². The second-order valence-electron chi connectivity index (χ2n) is 7.10. The van der Waals surface area contributed by atoms with Crippen LogP contribution in [0.1, 0.15) is 0 Å². The number of carboxylic acids is 1. The van der Waals surface area contributed by atoms with E-state index < -0.39 is 77.3 Å². The molecule has 0 radical (unpaired) electrons. The standard InChI is InChI=1S/C13HF25O2.Na/c14-2(15,1(39)40)3(16,17)4(18,19)5(20,21)6(22,23)7(24,25)8(26,27)9(28,29)10(30,31)11(32,33)12(34,35)13(36,37)38;/h(H,39,40);/q;+1/p-1. The second kappa shape index (κ2) is 10.1. The number of carbonyl (C=O) groups is 1. The fraction of sp³-hybridized carbons (Fsp3) is 0.923. The minimum Gasteiger partial charge on any atom is -0.544 e. The van der Waals surface area contributed by atoms with Crippen molar-refractivity contribution in [2.45, 2.75) is 71.3 Å². The summed E-state index contributed by atoms with van der Waals surface area (Å²) in [5, 5.41) is 9.76. The van der Waals surface area contributed by atoms with Crippen LogP contribution in [-0.4, -0.2) is 77.3 Å². The van der Waals surface area contributed by atoms with Gasteiger partial charge in [0.2, 0.25) is 0 Å². The molecule has 240 valence electrons. The summed E-state index contributed by atoms with van der Waals surface area (Å²) in [6.45, 7) is 0. The minimum absolute atomic E-state index is 0. The molecule has 0 aromatic carbocycles. The molecule has 0 spiro atoms. The van der Waals surface area contributed by atoms with Crippen molar-refractivity contribution in [3.63, 3.8) is 0 Å². The Morgan fingerprint density at radius 2 is 0.463 bits per heavy atom. The zero-order valence-electron chi connectivity index (χ0n) is 17.8.